The van der Waals surface area contributed by atoms with Gasteiger partial charge in [-0.15, -0.1) is 0 Å². The van der Waals surface area contributed by atoms with E-state index in [1.807, 2.05) is 31.2 Å². The third-order valence-electron chi connectivity index (χ3n) is 4.36. The molecule has 2 aromatic carbocycles. The zero-order valence-electron chi connectivity index (χ0n) is 15.5. The number of hydrogen-bond donors (Lipinski definition) is 3. The summed E-state index contributed by atoms with van der Waals surface area (Å²) >= 11 is 0. The van der Waals surface area contributed by atoms with E-state index in [2.05, 4.69) is 20.6 Å². The van der Waals surface area contributed by atoms with Crippen molar-refractivity contribution < 1.29 is 18.0 Å². The summed E-state index contributed by atoms with van der Waals surface area (Å²) in [5.74, 6) is 0.262. The first-order valence-electron chi connectivity index (χ1n) is 8.88. The van der Waals surface area contributed by atoms with Crippen LogP contribution >= 0.6 is 0 Å². The summed E-state index contributed by atoms with van der Waals surface area (Å²) in [6, 6.07) is 11.9. The lowest BCUT2D eigenvalue weighted by molar-refractivity contribution is -0.137. The number of halogens is 3. The number of anilines is 1. The highest BCUT2D eigenvalue weighted by atomic mass is 19.4. The number of benzene rings is 2. The van der Waals surface area contributed by atoms with Gasteiger partial charge in [-0.05, 0) is 43.2 Å². The van der Waals surface area contributed by atoms with Crippen LogP contribution in [0.4, 0.5) is 19.1 Å². The first-order valence-corrected chi connectivity index (χ1v) is 8.88. The first kappa shape index (κ1) is 19.7. The van der Waals surface area contributed by atoms with Crippen molar-refractivity contribution in [2.24, 2.45) is 0 Å². The molecule has 3 aromatic rings. The van der Waals surface area contributed by atoms with Gasteiger partial charge in [-0.1, -0.05) is 24.3 Å². The lowest BCUT2D eigenvalue weighted by atomic mass is 9.98. The maximum absolute atomic E-state index is 13.1. The fraction of sp³-hybridized carbons (Fsp3) is 0.300. The molecular weight excluding hydrogens is 369 g/mol. The molecule has 0 fully saturated rings. The van der Waals surface area contributed by atoms with Gasteiger partial charge in [-0.3, -0.25) is 4.79 Å². The third-order valence-corrected chi connectivity index (χ3v) is 4.36. The number of aromatic amines is 1. The second-order valence-corrected chi connectivity index (χ2v) is 6.76. The van der Waals surface area contributed by atoms with E-state index in [0.29, 0.717) is 17.9 Å². The summed E-state index contributed by atoms with van der Waals surface area (Å²) in [4.78, 5) is 18.9. The molecule has 0 aliphatic rings. The largest absolute Gasteiger partial charge is 0.416 e. The standard InChI is InChI=1S/C20H21F3N4O/c1-12(24-13(2)28)10-18(14-6-5-7-15(11-14)20(21,22)23)27-19-25-16-8-3-4-9-17(16)26-19/h3-9,11-12,18H,10H2,1-2H3,(H,24,28)(H2,25,26,27). The molecule has 0 aliphatic heterocycles. The summed E-state index contributed by atoms with van der Waals surface area (Å²) in [5.41, 5.74) is 1.33. The number of rotatable bonds is 6. The van der Waals surface area contributed by atoms with Crippen LogP contribution in [0.25, 0.3) is 11.0 Å². The van der Waals surface area contributed by atoms with E-state index in [9.17, 15) is 18.0 Å². The van der Waals surface area contributed by atoms with Gasteiger partial charge in [0, 0.05) is 13.0 Å². The number of para-hydroxylation sites is 2. The summed E-state index contributed by atoms with van der Waals surface area (Å²) in [7, 11) is 0. The van der Waals surface area contributed by atoms with Gasteiger partial charge in [0.1, 0.15) is 0 Å². The van der Waals surface area contributed by atoms with Gasteiger partial charge in [-0.2, -0.15) is 13.2 Å². The third kappa shape index (κ3) is 4.82. The van der Waals surface area contributed by atoms with Crippen molar-refractivity contribution >= 4 is 22.9 Å². The van der Waals surface area contributed by atoms with Crippen molar-refractivity contribution in [2.75, 3.05) is 5.32 Å². The molecule has 0 radical (unpaired) electrons. The molecule has 5 nitrogen and oxygen atoms in total. The number of alkyl halides is 3. The van der Waals surface area contributed by atoms with E-state index in [1.165, 1.54) is 13.0 Å². The highest BCUT2D eigenvalue weighted by Gasteiger charge is 2.31. The minimum Gasteiger partial charge on any atom is -0.354 e. The van der Waals surface area contributed by atoms with Crippen LogP contribution in [-0.2, 0) is 11.0 Å². The average molecular weight is 390 g/mol. The predicted octanol–water partition coefficient (Wildman–Crippen LogP) is 4.65. The van der Waals surface area contributed by atoms with Gasteiger partial charge in [0.25, 0.3) is 0 Å². The molecule has 2 atom stereocenters. The minimum absolute atomic E-state index is 0.195. The van der Waals surface area contributed by atoms with E-state index < -0.39 is 17.8 Å². The van der Waals surface area contributed by atoms with E-state index in [1.54, 1.807) is 6.07 Å². The Morgan fingerprint density at radius 3 is 2.61 bits per heavy atom. The number of fused-ring (bicyclic) bond motifs is 1. The molecule has 148 valence electrons. The van der Waals surface area contributed by atoms with Gasteiger partial charge in [0.2, 0.25) is 11.9 Å². The fourth-order valence-electron chi connectivity index (χ4n) is 3.16. The van der Waals surface area contributed by atoms with E-state index >= 15 is 0 Å². The molecule has 1 amide bonds. The summed E-state index contributed by atoms with van der Waals surface area (Å²) in [6.45, 7) is 3.21. The molecule has 0 saturated carbocycles. The minimum atomic E-state index is -4.43. The summed E-state index contributed by atoms with van der Waals surface area (Å²) in [5, 5.41) is 5.95. The maximum atomic E-state index is 13.1. The topological polar surface area (TPSA) is 69.8 Å². The Balaban J connectivity index is 1.91. The van der Waals surface area contributed by atoms with Crippen molar-refractivity contribution in [3.63, 3.8) is 0 Å². The molecular formula is C20H21F3N4O. The van der Waals surface area contributed by atoms with Gasteiger partial charge < -0.3 is 15.6 Å². The van der Waals surface area contributed by atoms with Crippen LogP contribution in [0.5, 0.6) is 0 Å². The quantitative estimate of drug-likeness (QED) is 0.574. The van der Waals surface area contributed by atoms with Crippen molar-refractivity contribution in [3.8, 4) is 0 Å². The Bertz CT molecular complexity index is 934. The molecule has 1 aromatic heterocycles. The SMILES string of the molecule is CC(=O)NC(C)CC(Nc1nc2ccccc2[nH]1)c1cccc(C(F)(F)F)c1. The molecule has 28 heavy (non-hydrogen) atoms. The first-order chi connectivity index (χ1) is 13.2. The molecule has 1 heterocycles. The number of carbonyl (C=O) groups is 1. The van der Waals surface area contributed by atoms with E-state index in [4.69, 9.17) is 0 Å². The highest BCUT2D eigenvalue weighted by Crippen LogP contribution is 2.32. The van der Waals surface area contributed by atoms with Crippen LogP contribution in [0.15, 0.2) is 48.5 Å². The lowest BCUT2D eigenvalue weighted by Crippen LogP contribution is -2.33. The average Bonchev–Trinajstić information content (AvgIpc) is 3.02. The predicted molar refractivity (Wildman–Crippen MR) is 102 cm³/mol. The number of carbonyl (C=O) groups excluding carboxylic acids is 1. The van der Waals surface area contributed by atoms with Crippen LogP contribution in [0.1, 0.15) is 37.4 Å². The van der Waals surface area contributed by atoms with Crippen LogP contribution < -0.4 is 10.6 Å². The molecule has 0 saturated heterocycles. The zero-order chi connectivity index (χ0) is 20.3. The zero-order valence-corrected chi connectivity index (χ0v) is 15.5. The number of nitrogens with one attached hydrogen (secondary N) is 3. The molecule has 0 bridgehead atoms. The monoisotopic (exact) mass is 390 g/mol. The number of H-pyrrole nitrogens is 1. The molecule has 3 N–H and O–H groups in total. The summed E-state index contributed by atoms with van der Waals surface area (Å²) in [6.07, 6.45) is -4.04. The van der Waals surface area contributed by atoms with Crippen LogP contribution in [0.2, 0.25) is 0 Å². The highest BCUT2D eigenvalue weighted by molar-refractivity contribution is 5.77. The molecule has 3 rings (SSSR count). The Morgan fingerprint density at radius 2 is 1.93 bits per heavy atom. The van der Waals surface area contributed by atoms with Gasteiger partial charge >= 0.3 is 6.18 Å². The summed E-state index contributed by atoms with van der Waals surface area (Å²) < 4.78 is 39.4. The number of amides is 1. The van der Waals surface area contributed by atoms with Gasteiger partial charge in [-0.25, -0.2) is 4.98 Å². The van der Waals surface area contributed by atoms with Gasteiger partial charge in [0.15, 0.2) is 0 Å². The van der Waals surface area contributed by atoms with Crippen molar-refractivity contribution in [1.29, 1.82) is 0 Å². The number of imidazole rings is 1. The van der Waals surface area contributed by atoms with Crippen molar-refractivity contribution in [2.45, 2.75) is 38.5 Å². The molecule has 0 aliphatic carbocycles. The van der Waals surface area contributed by atoms with E-state index in [-0.39, 0.29) is 11.9 Å². The van der Waals surface area contributed by atoms with Crippen LogP contribution in [0, 0.1) is 0 Å². The number of nitrogens with zero attached hydrogens (tertiary/aromatic N) is 1. The molecule has 2 unspecified atom stereocenters. The smallest absolute Gasteiger partial charge is 0.354 e. The maximum Gasteiger partial charge on any atom is 0.416 e. The van der Waals surface area contributed by atoms with Gasteiger partial charge in [0.05, 0.1) is 22.6 Å². The Hall–Kier alpha value is -3.03. The Kier molecular flexibility index (Phi) is 5.58. The second-order valence-electron chi connectivity index (χ2n) is 6.76. The second kappa shape index (κ2) is 7.92. The van der Waals surface area contributed by atoms with Crippen molar-refractivity contribution in [3.05, 3.63) is 59.7 Å². The van der Waals surface area contributed by atoms with Crippen LogP contribution in [-0.4, -0.2) is 21.9 Å². The normalized spacial score (nSPS) is 13.9. The Labute approximate surface area is 160 Å². The molecule has 0 spiro atoms. The molecule has 8 heteroatoms. The van der Waals surface area contributed by atoms with Crippen molar-refractivity contribution in [1.82, 2.24) is 15.3 Å². The number of hydrogen-bond acceptors (Lipinski definition) is 3. The lowest BCUT2D eigenvalue weighted by Gasteiger charge is -2.23. The Morgan fingerprint density at radius 1 is 1.18 bits per heavy atom. The number of aromatic nitrogens is 2. The van der Waals surface area contributed by atoms with E-state index in [0.717, 1.165) is 23.2 Å². The fourth-order valence-corrected chi connectivity index (χ4v) is 3.16. The van der Waals surface area contributed by atoms with Crippen LogP contribution in [0.3, 0.4) is 0 Å².